The molecule has 0 radical (unpaired) electrons. The minimum absolute atomic E-state index is 0.0517. The molecule has 4 aromatic rings. The van der Waals surface area contributed by atoms with Crippen LogP contribution in [0, 0.1) is 6.92 Å². The number of aryl methyl sites for hydroxylation is 1. The molecule has 1 N–H and O–H groups in total. The molecule has 0 unspecified atom stereocenters. The number of benzene rings is 4. The quantitative estimate of drug-likeness (QED) is 0.308. The van der Waals surface area contributed by atoms with Crippen LogP contribution in [0.1, 0.15) is 22.7 Å². The Hall–Kier alpha value is -4.30. The van der Waals surface area contributed by atoms with Crippen LogP contribution in [-0.2, 0) is 14.8 Å². The van der Waals surface area contributed by atoms with Gasteiger partial charge in [-0.15, -0.1) is 0 Å². The normalized spacial score (nSPS) is 11.9. The van der Waals surface area contributed by atoms with E-state index < -0.39 is 28.5 Å². The van der Waals surface area contributed by atoms with Gasteiger partial charge in [0.15, 0.2) is 0 Å². The molecule has 7 nitrogen and oxygen atoms in total. The number of carbonyl (C=O) groups is 1. The van der Waals surface area contributed by atoms with E-state index in [4.69, 9.17) is 9.47 Å². The highest BCUT2D eigenvalue weighted by Crippen LogP contribution is 2.35. The van der Waals surface area contributed by atoms with Crippen LogP contribution < -0.4 is 19.1 Å². The summed E-state index contributed by atoms with van der Waals surface area (Å²) in [5.74, 6) is 0.233. The maximum absolute atomic E-state index is 13.8. The SMILES string of the molecule is COc1ccc(OC)c(N(CC(=O)N[C@@H](c2ccccc2)c2ccc(C)cc2)S(=O)(=O)c2ccccc2)c1. The van der Waals surface area contributed by atoms with Gasteiger partial charge in [0.25, 0.3) is 10.0 Å². The summed E-state index contributed by atoms with van der Waals surface area (Å²) in [5, 5.41) is 3.04. The zero-order chi connectivity index (χ0) is 27.1. The van der Waals surface area contributed by atoms with Crippen LogP contribution in [0.3, 0.4) is 0 Å². The summed E-state index contributed by atoms with van der Waals surface area (Å²) in [6.07, 6.45) is 0. The van der Waals surface area contributed by atoms with Crippen molar-refractivity contribution in [1.82, 2.24) is 5.32 Å². The number of rotatable bonds is 10. The third-order valence-electron chi connectivity index (χ3n) is 6.12. The monoisotopic (exact) mass is 530 g/mol. The van der Waals surface area contributed by atoms with Gasteiger partial charge in [0.2, 0.25) is 5.91 Å². The van der Waals surface area contributed by atoms with Crippen LogP contribution >= 0.6 is 0 Å². The first-order valence-electron chi connectivity index (χ1n) is 12.0. The van der Waals surface area contributed by atoms with E-state index in [-0.39, 0.29) is 16.3 Å². The van der Waals surface area contributed by atoms with Crippen molar-refractivity contribution in [3.8, 4) is 11.5 Å². The lowest BCUT2D eigenvalue weighted by molar-refractivity contribution is -0.120. The van der Waals surface area contributed by atoms with Crippen LogP contribution in [0.5, 0.6) is 11.5 Å². The van der Waals surface area contributed by atoms with E-state index in [0.29, 0.717) is 5.75 Å². The molecule has 38 heavy (non-hydrogen) atoms. The average molecular weight is 531 g/mol. The largest absolute Gasteiger partial charge is 0.497 e. The number of amides is 1. The van der Waals surface area contributed by atoms with Crippen molar-refractivity contribution in [2.45, 2.75) is 17.9 Å². The van der Waals surface area contributed by atoms with Crippen molar-refractivity contribution in [2.75, 3.05) is 25.1 Å². The van der Waals surface area contributed by atoms with Crippen LogP contribution in [0.15, 0.2) is 108 Å². The van der Waals surface area contributed by atoms with Gasteiger partial charge >= 0.3 is 0 Å². The van der Waals surface area contributed by atoms with Gasteiger partial charge in [0.1, 0.15) is 18.0 Å². The molecule has 4 rings (SSSR count). The predicted molar refractivity (Wildman–Crippen MR) is 148 cm³/mol. The summed E-state index contributed by atoms with van der Waals surface area (Å²) < 4.78 is 39.6. The van der Waals surface area contributed by atoms with Crippen LogP contribution in [0.25, 0.3) is 0 Å². The molecule has 0 aromatic heterocycles. The van der Waals surface area contributed by atoms with Crippen molar-refractivity contribution in [3.63, 3.8) is 0 Å². The predicted octanol–water partition coefficient (Wildman–Crippen LogP) is 5.11. The third kappa shape index (κ3) is 5.98. The summed E-state index contributed by atoms with van der Waals surface area (Å²) in [6, 6.07) is 29.7. The van der Waals surface area contributed by atoms with E-state index in [9.17, 15) is 13.2 Å². The summed E-state index contributed by atoms with van der Waals surface area (Å²) in [4.78, 5) is 13.6. The summed E-state index contributed by atoms with van der Waals surface area (Å²) >= 11 is 0. The number of methoxy groups -OCH3 is 2. The number of sulfonamides is 1. The van der Waals surface area contributed by atoms with Crippen LogP contribution in [0.2, 0.25) is 0 Å². The number of ether oxygens (including phenoxy) is 2. The molecule has 1 amide bonds. The van der Waals surface area contributed by atoms with E-state index in [1.165, 1.54) is 26.4 Å². The molecule has 0 saturated carbocycles. The number of nitrogens with one attached hydrogen (secondary N) is 1. The smallest absolute Gasteiger partial charge is 0.264 e. The maximum Gasteiger partial charge on any atom is 0.264 e. The topological polar surface area (TPSA) is 84.9 Å². The van der Waals surface area contributed by atoms with Gasteiger partial charge in [-0.05, 0) is 42.3 Å². The van der Waals surface area contributed by atoms with E-state index in [1.807, 2.05) is 61.5 Å². The first-order chi connectivity index (χ1) is 18.3. The first kappa shape index (κ1) is 26.8. The molecule has 196 valence electrons. The van der Waals surface area contributed by atoms with Gasteiger partial charge in [-0.2, -0.15) is 0 Å². The fourth-order valence-electron chi connectivity index (χ4n) is 4.11. The number of carbonyl (C=O) groups excluding carboxylic acids is 1. The van der Waals surface area contributed by atoms with Gasteiger partial charge < -0.3 is 14.8 Å². The van der Waals surface area contributed by atoms with E-state index >= 15 is 0 Å². The number of hydrogen-bond acceptors (Lipinski definition) is 5. The number of nitrogens with zero attached hydrogens (tertiary/aromatic N) is 1. The lowest BCUT2D eigenvalue weighted by Crippen LogP contribution is -2.42. The average Bonchev–Trinajstić information content (AvgIpc) is 2.95. The second-order valence-electron chi connectivity index (χ2n) is 8.68. The Morgan fingerprint density at radius 2 is 1.42 bits per heavy atom. The molecule has 8 heteroatoms. The Balaban J connectivity index is 1.74. The first-order valence-corrected chi connectivity index (χ1v) is 13.5. The van der Waals surface area contributed by atoms with Gasteiger partial charge in [-0.3, -0.25) is 9.10 Å². The molecule has 0 aliphatic heterocycles. The molecule has 4 aromatic carbocycles. The Kier molecular flexibility index (Phi) is 8.33. The molecule has 0 fully saturated rings. The van der Waals surface area contributed by atoms with Crippen molar-refractivity contribution < 1.29 is 22.7 Å². The molecule has 1 atom stereocenters. The zero-order valence-electron chi connectivity index (χ0n) is 21.5. The second-order valence-corrected chi connectivity index (χ2v) is 10.5. The molecular weight excluding hydrogens is 500 g/mol. The van der Waals surface area contributed by atoms with Gasteiger partial charge in [0.05, 0.1) is 30.8 Å². The molecule has 0 heterocycles. The second kappa shape index (κ2) is 11.8. The lowest BCUT2D eigenvalue weighted by atomic mass is 9.98. The summed E-state index contributed by atoms with van der Waals surface area (Å²) in [5.41, 5.74) is 3.04. The van der Waals surface area contributed by atoms with Crippen LogP contribution in [-0.4, -0.2) is 35.1 Å². The molecule has 0 bridgehead atoms. The van der Waals surface area contributed by atoms with E-state index in [0.717, 1.165) is 21.0 Å². The minimum atomic E-state index is -4.14. The Morgan fingerprint density at radius 1 is 0.816 bits per heavy atom. The van der Waals surface area contributed by atoms with Crippen molar-refractivity contribution in [2.24, 2.45) is 0 Å². The molecule has 0 aliphatic carbocycles. The van der Waals surface area contributed by atoms with Gasteiger partial charge in [0, 0.05) is 6.07 Å². The summed E-state index contributed by atoms with van der Waals surface area (Å²) in [6.45, 7) is 1.52. The molecular formula is C30H30N2O5S. The van der Waals surface area contributed by atoms with Gasteiger partial charge in [-0.25, -0.2) is 8.42 Å². The molecule has 0 saturated heterocycles. The number of hydrogen-bond donors (Lipinski definition) is 1. The number of anilines is 1. The van der Waals surface area contributed by atoms with E-state index in [1.54, 1.807) is 36.4 Å². The zero-order valence-corrected chi connectivity index (χ0v) is 22.3. The highest BCUT2D eigenvalue weighted by Gasteiger charge is 2.31. The fourth-order valence-corrected chi connectivity index (χ4v) is 5.56. The van der Waals surface area contributed by atoms with Crippen molar-refractivity contribution >= 4 is 21.6 Å². The summed E-state index contributed by atoms with van der Waals surface area (Å²) in [7, 11) is -1.21. The third-order valence-corrected chi connectivity index (χ3v) is 7.90. The van der Waals surface area contributed by atoms with E-state index in [2.05, 4.69) is 5.32 Å². The molecule has 0 aliphatic rings. The lowest BCUT2D eigenvalue weighted by Gasteiger charge is -2.27. The maximum atomic E-state index is 13.8. The Morgan fingerprint density at radius 3 is 2.03 bits per heavy atom. The minimum Gasteiger partial charge on any atom is -0.497 e. The molecule has 0 spiro atoms. The highest BCUT2D eigenvalue weighted by atomic mass is 32.2. The standard InChI is InChI=1S/C30H30N2O5S/c1-22-14-16-24(17-15-22)30(23-10-6-4-7-11-23)31-29(33)21-32(38(34,35)26-12-8-5-9-13-26)27-20-25(36-2)18-19-28(27)37-3/h4-20,30H,21H2,1-3H3,(H,31,33)/t30-/m0/s1. The van der Waals surface area contributed by atoms with Gasteiger partial charge in [-0.1, -0.05) is 78.4 Å². The Bertz CT molecular complexity index is 1470. The van der Waals surface area contributed by atoms with Crippen molar-refractivity contribution in [1.29, 1.82) is 0 Å². The highest BCUT2D eigenvalue weighted by molar-refractivity contribution is 7.92. The fraction of sp³-hybridized carbons (Fsp3) is 0.167. The Labute approximate surface area is 223 Å². The van der Waals surface area contributed by atoms with Crippen molar-refractivity contribution in [3.05, 3.63) is 120 Å². The van der Waals surface area contributed by atoms with Crippen LogP contribution in [0.4, 0.5) is 5.69 Å².